The van der Waals surface area contributed by atoms with Gasteiger partial charge >= 0.3 is 11.9 Å². The van der Waals surface area contributed by atoms with Crippen LogP contribution in [-0.2, 0) is 12.8 Å². The predicted molar refractivity (Wildman–Crippen MR) is 151 cm³/mol. The Morgan fingerprint density at radius 2 is 1.59 bits per heavy atom. The highest BCUT2D eigenvalue weighted by Gasteiger charge is 2.17. The monoisotopic (exact) mass is 500 g/mol. The third kappa shape index (κ3) is 7.55. The van der Waals surface area contributed by atoms with Crippen LogP contribution in [0.1, 0.15) is 110 Å². The molecule has 0 saturated carbocycles. The van der Waals surface area contributed by atoms with Gasteiger partial charge in [-0.1, -0.05) is 83.7 Å². The zero-order valence-electron chi connectivity index (χ0n) is 22.7. The largest absolute Gasteiger partial charge is 0.478 e. The molecule has 37 heavy (non-hydrogen) atoms. The van der Waals surface area contributed by atoms with Gasteiger partial charge in [0.2, 0.25) is 0 Å². The molecular weight excluding hydrogens is 460 g/mol. The Morgan fingerprint density at radius 3 is 2.24 bits per heavy atom. The van der Waals surface area contributed by atoms with Crippen molar-refractivity contribution >= 4 is 11.9 Å². The molecule has 0 amide bonds. The molecular formula is C33H40O4. The minimum Gasteiger partial charge on any atom is -0.478 e. The Labute approximate surface area is 221 Å². The molecule has 0 radical (unpaired) electrons. The van der Waals surface area contributed by atoms with Crippen molar-refractivity contribution in [2.75, 3.05) is 0 Å². The van der Waals surface area contributed by atoms with E-state index in [2.05, 4.69) is 20.8 Å². The van der Waals surface area contributed by atoms with Crippen molar-refractivity contribution in [3.8, 4) is 16.9 Å². The highest BCUT2D eigenvalue weighted by atomic mass is 16.5. The second-order valence-electron chi connectivity index (χ2n) is 9.87. The number of esters is 1. The molecule has 0 bridgehead atoms. The van der Waals surface area contributed by atoms with Gasteiger partial charge in [0.1, 0.15) is 5.75 Å². The first kappa shape index (κ1) is 28.2. The quantitative estimate of drug-likeness (QED) is 0.145. The number of carbonyl (C=O) groups is 2. The molecule has 0 spiro atoms. The molecule has 4 nitrogen and oxygen atoms in total. The maximum Gasteiger partial charge on any atom is 0.343 e. The number of aryl methyl sites for hydroxylation is 2. The summed E-state index contributed by atoms with van der Waals surface area (Å²) >= 11 is 0. The number of rotatable bonds is 13. The number of hydrogen-bond donors (Lipinski definition) is 1. The van der Waals surface area contributed by atoms with E-state index < -0.39 is 5.97 Å². The molecule has 3 rings (SSSR count). The maximum absolute atomic E-state index is 12.9. The van der Waals surface area contributed by atoms with E-state index in [0.717, 1.165) is 54.4 Å². The van der Waals surface area contributed by atoms with Gasteiger partial charge in [0.15, 0.2) is 0 Å². The lowest BCUT2D eigenvalue weighted by Gasteiger charge is -2.19. The Hall–Kier alpha value is -3.40. The van der Waals surface area contributed by atoms with Crippen LogP contribution in [0, 0.1) is 0 Å². The number of carbonyl (C=O) groups excluding carboxylic acids is 1. The zero-order chi connectivity index (χ0) is 26.8. The van der Waals surface area contributed by atoms with E-state index in [4.69, 9.17) is 4.74 Å². The first-order valence-corrected chi connectivity index (χ1v) is 13.7. The number of carboxylic acid groups (broad SMARTS) is 1. The second-order valence-corrected chi connectivity index (χ2v) is 9.87. The molecule has 3 aromatic rings. The van der Waals surface area contributed by atoms with Gasteiger partial charge in [-0.3, -0.25) is 0 Å². The van der Waals surface area contributed by atoms with Gasteiger partial charge in [-0.25, -0.2) is 9.59 Å². The molecule has 0 heterocycles. The van der Waals surface area contributed by atoms with Crippen molar-refractivity contribution in [3.05, 3.63) is 88.5 Å². The Kier molecular flexibility index (Phi) is 10.5. The summed E-state index contributed by atoms with van der Waals surface area (Å²) in [5, 5.41) is 9.53. The van der Waals surface area contributed by atoms with Crippen LogP contribution in [0.3, 0.4) is 0 Å². The molecule has 1 N–H and O–H groups in total. The van der Waals surface area contributed by atoms with Crippen LogP contribution in [-0.4, -0.2) is 17.0 Å². The first-order valence-electron chi connectivity index (χ1n) is 13.7. The molecule has 0 unspecified atom stereocenters. The average Bonchev–Trinajstić information content (AvgIpc) is 2.91. The Morgan fingerprint density at radius 1 is 0.865 bits per heavy atom. The Bertz CT molecular complexity index is 1190. The number of carboxylic acids is 1. The molecule has 0 aliphatic carbocycles. The highest BCUT2D eigenvalue weighted by molar-refractivity contribution is 5.92. The topological polar surface area (TPSA) is 63.6 Å². The highest BCUT2D eigenvalue weighted by Crippen LogP contribution is 2.36. The van der Waals surface area contributed by atoms with Gasteiger partial charge in [-0.2, -0.15) is 0 Å². The zero-order valence-corrected chi connectivity index (χ0v) is 22.7. The van der Waals surface area contributed by atoms with Crippen LogP contribution in [0.25, 0.3) is 11.1 Å². The molecule has 3 aromatic carbocycles. The molecule has 1 atom stereocenters. The normalized spacial score (nSPS) is 11.8. The first-order chi connectivity index (χ1) is 17.9. The fourth-order valence-electron chi connectivity index (χ4n) is 4.76. The second kappa shape index (κ2) is 13.8. The van der Waals surface area contributed by atoms with Crippen molar-refractivity contribution in [2.24, 2.45) is 0 Å². The van der Waals surface area contributed by atoms with Crippen molar-refractivity contribution in [1.82, 2.24) is 0 Å². The standard InChI is InChI=1S/C33H40O4/c1-5-8-10-12-24-13-15-26(16-14-24)33(36)37-28-18-20-29(31(22-28)23(4)11-9-6-2)27-17-19-30(32(34)35)25(7-3)21-27/h13-23H,5-12H2,1-4H3,(H,34,35)/t23-/m1/s1. The van der Waals surface area contributed by atoms with E-state index in [1.165, 1.54) is 18.4 Å². The van der Waals surface area contributed by atoms with E-state index in [0.29, 0.717) is 23.3 Å². The Balaban J connectivity index is 1.88. The van der Waals surface area contributed by atoms with E-state index in [-0.39, 0.29) is 11.9 Å². The lowest BCUT2D eigenvalue weighted by molar-refractivity contribution is 0.0693. The van der Waals surface area contributed by atoms with Gasteiger partial charge in [-0.15, -0.1) is 0 Å². The summed E-state index contributed by atoms with van der Waals surface area (Å²) < 4.78 is 5.80. The number of ether oxygens (including phenoxy) is 1. The third-order valence-corrected chi connectivity index (χ3v) is 7.04. The van der Waals surface area contributed by atoms with Gasteiger partial charge in [-0.05, 0) is 89.8 Å². The average molecular weight is 501 g/mol. The SMILES string of the molecule is CCCCCc1ccc(C(=O)Oc2ccc(-c3ccc(C(=O)O)c(CC)c3)c([C@H](C)CCCC)c2)cc1. The van der Waals surface area contributed by atoms with Crippen molar-refractivity contribution < 1.29 is 19.4 Å². The minimum absolute atomic E-state index is 0.264. The molecule has 196 valence electrons. The summed E-state index contributed by atoms with van der Waals surface area (Å²) in [6.07, 6.45) is 8.46. The van der Waals surface area contributed by atoms with Crippen molar-refractivity contribution in [1.29, 1.82) is 0 Å². The number of hydrogen-bond acceptors (Lipinski definition) is 3. The molecule has 4 heteroatoms. The van der Waals surface area contributed by atoms with Crippen LogP contribution in [0.2, 0.25) is 0 Å². The summed E-state index contributed by atoms with van der Waals surface area (Å²) in [4.78, 5) is 24.5. The number of unbranched alkanes of at least 4 members (excludes halogenated alkanes) is 3. The summed E-state index contributed by atoms with van der Waals surface area (Å²) in [7, 11) is 0. The maximum atomic E-state index is 12.9. The smallest absolute Gasteiger partial charge is 0.343 e. The lowest BCUT2D eigenvalue weighted by atomic mass is 9.87. The van der Waals surface area contributed by atoms with Gasteiger partial charge in [0.05, 0.1) is 11.1 Å². The summed E-state index contributed by atoms with van der Waals surface area (Å²) in [6.45, 7) is 8.54. The van der Waals surface area contributed by atoms with E-state index in [9.17, 15) is 14.7 Å². The third-order valence-electron chi connectivity index (χ3n) is 7.04. The minimum atomic E-state index is -0.906. The van der Waals surface area contributed by atoms with E-state index >= 15 is 0 Å². The van der Waals surface area contributed by atoms with Crippen LogP contribution in [0.5, 0.6) is 5.75 Å². The molecule has 0 fully saturated rings. The summed E-state index contributed by atoms with van der Waals surface area (Å²) in [5.74, 6) is -0.479. The van der Waals surface area contributed by atoms with Gasteiger partial charge in [0, 0.05) is 0 Å². The molecule has 0 saturated heterocycles. The van der Waals surface area contributed by atoms with E-state index in [1.54, 1.807) is 6.07 Å². The van der Waals surface area contributed by atoms with Crippen LogP contribution in [0.4, 0.5) is 0 Å². The van der Waals surface area contributed by atoms with E-state index in [1.807, 2.05) is 61.5 Å². The van der Waals surface area contributed by atoms with Crippen molar-refractivity contribution in [2.45, 2.75) is 85.0 Å². The predicted octanol–water partition coefficient (Wildman–Crippen LogP) is 8.86. The molecule has 0 aromatic heterocycles. The van der Waals surface area contributed by atoms with Gasteiger partial charge in [0.25, 0.3) is 0 Å². The summed E-state index contributed by atoms with van der Waals surface area (Å²) in [5.41, 5.74) is 6.07. The fraction of sp³-hybridized carbons (Fsp3) is 0.394. The van der Waals surface area contributed by atoms with Crippen molar-refractivity contribution in [3.63, 3.8) is 0 Å². The summed E-state index contributed by atoms with van der Waals surface area (Å²) in [6, 6.07) is 19.1. The van der Waals surface area contributed by atoms with Gasteiger partial charge < -0.3 is 9.84 Å². The van der Waals surface area contributed by atoms with Crippen LogP contribution in [0.15, 0.2) is 60.7 Å². The lowest BCUT2D eigenvalue weighted by Crippen LogP contribution is -2.09. The van der Waals surface area contributed by atoms with Crippen LogP contribution < -0.4 is 4.74 Å². The fourth-order valence-corrected chi connectivity index (χ4v) is 4.76. The number of aromatic carboxylic acids is 1. The molecule has 0 aliphatic heterocycles. The molecule has 0 aliphatic rings. The van der Waals surface area contributed by atoms with Crippen LogP contribution >= 0.6 is 0 Å². The number of benzene rings is 3.